The molecule has 0 amide bonds. The van der Waals surface area contributed by atoms with E-state index in [9.17, 15) is 0 Å². The number of hydrogen-bond donors (Lipinski definition) is 1. The molecule has 2 aromatic carbocycles. The van der Waals surface area contributed by atoms with Crippen LogP contribution in [0.15, 0.2) is 59.1 Å². The number of rotatable bonds is 6. The Bertz CT molecular complexity index is 510. The van der Waals surface area contributed by atoms with Crippen LogP contribution in [0, 0.1) is 0 Å². The van der Waals surface area contributed by atoms with Gasteiger partial charge in [0.15, 0.2) is 0 Å². The summed E-state index contributed by atoms with van der Waals surface area (Å²) in [6, 6.07) is 19.0. The highest BCUT2D eigenvalue weighted by molar-refractivity contribution is 9.10. The molecule has 3 heteroatoms. The lowest BCUT2D eigenvalue weighted by atomic mass is 9.98. The number of likely N-dealkylation sites (N-methyl/N-ethyl adjacent to an activating group) is 1. The lowest BCUT2D eigenvalue weighted by Crippen LogP contribution is -2.28. The van der Waals surface area contributed by atoms with Gasteiger partial charge in [0.2, 0.25) is 0 Å². The van der Waals surface area contributed by atoms with Crippen molar-refractivity contribution in [2.45, 2.75) is 12.5 Å². The maximum absolute atomic E-state index is 5.93. The monoisotopic (exact) mass is 332 g/mol. The summed E-state index contributed by atoms with van der Waals surface area (Å²) in [5.41, 5.74) is 8.57. The zero-order valence-electron chi connectivity index (χ0n) is 11.8. The van der Waals surface area contributed by atoms with Crippen molar-refractivity contribution in [2.24, 2.45) is 5.73 Å². The Kier molecular flexibility index (Phi) is 5.77. The topological polar surface area (TPSA) is 29.3 Å². The van der Waals surface area contributed by atoms with Crippen LogP contribution in [-0.4, -0.2) is 25.0 Å². The Morgan fingerprint density at radius 1 is 1.05 bits per heavy atom. The molecule has 0 aliphatic rings. The van der Waals surface area contributed by atoms with E-state index in [1.807, 2.05) is 6.07 Å². The molecule has 2 nitrogen and oxygen atoms in total. The Morgan fingerprint density at radius 3 is 2.30 bits per heavy atom. The van der Waals surface area contributed by atoms with E-state index in [-0.39, 0.29) is 0 Å². The van der Waals surface area contributed by atoms with Crippen LogP contribution in [0.3, 0.4) is 0 Å². The summed E-state index contributed by atoms with van der Waals surface area (Å²) in [7, 11) is 2.15. The van der Waals surface area contributed by atoms with Crippen LogP contribution in [0.4, 0.5) is 0 Å². The van der Waals surface area contributed by atoms with E-state index in [1.54, 1.807) is 0 Å². The normalized spacial score (nSPS) is 12.6. The van der Waals surface area contributed by atoms with E-state index in [0.717, 1.165) is 17.6 Å². The number of nitrogens with zero attached hydrogens (tertiary/aromatic N) is 1. The largest absolute Gasteiger partial charge is 0.330 e. The van der Waals surface area contributed by atoms with Gasteiger partial charge in [-0.2, -0.15) is 0 Å². The molecule has 0 spiro atoms. The van der Waals surface area contributed by atoms with Crippen molar-refractivity contribution in [3.63, 3.8) is 0 Å². The Labute approximate surface area is 129 Å². The van der Waals surface area contributed by atoms with Gasteiger partial charge < -0.3 is 10.6 Å². The average molecular weight is 333 g/mol. The molecule has 1 atom stereocenters. The molecule has 0 fully saturated rings. The third kappa shape index (κ3) is 4.44. The molecule has 1 unspecified atom stereocenters. The summed E-state index contributed by atoms with van der Waals surface area (Å²) >= 11 is 3.46. The number of nitrogens with two attached hydrogens (primary N) is 1. The summed E-state index contributed by atoms with van der Waals surface area (Å²) in [6.07, 6.45) is 0. The molecule has 0 aliphatic carbocycles. The van der Waals surface area contributed by atoms with Crippen LogP contribution < -0.4 is 5.73 Å². The molecule has 0 saturated heterocycles. The van der Waals surface area contributed by atoms with Crippen molar-refractivity contribution in [3.05, 3.63) is 70.2 Å². The fraction of sp³-hybridized carbons (Fsp3) is 0.294. The van der Waals surface area contributed by atoms with Gasteiger partial charge in [-0.25, -0.2) is 0 Å². The van der Waals surface area contributed by atoms with Crippen LogP contribution in [0.1, 0.15) is 17.0 Å². The zero-order valence-corrected chi connectivity index (χ0v) is 13.4. The van der Waals surface area contributed by atoms with Crippen LogP contribution in [0.5, 0.6) is 0 Å². The van der Waals surface area contributed by atoms with Crippen molar-refractivity contribution in [1.82, 2.24) is 4.90 Å². The van der Waals surface area contributed by atoms with Crippen molar-refractivity contribution in [1.29, 1.82) is 0 Å². The Hall–Kier alpha value is -1.16. The van der Waals surface area contributed by atoms with Gasteiger partial charge in [0.1, 0.15) is 0 Å². The van der Waals surface area contributed by atoms with E-state index in [1.165, 1.54) is 11.1 Å². The summed E-state index contributed by atoms with van der Waals surface area (Å²) in [4.78, 5) is 2.33. The SMILES string of the molecule is CN(Cc1ccc(Br)cc1)CC(CN)c1ccccc1. The van der Waals surface area contributed by atoms with Gasteiger partial charge in [0.05, 0.1) is 0 Å². The average Bonchev–Trinajstić information content (AvgIpc) is 2.48. The van der Waals surface area contributed by atoms with Crippen molar-refractivity contribution >= 4 is 15.9 Å². The molecule has 0 radical (unpaired) electrons. The third-order valence-electron chi connectivity index (χ3n) is 3.45. The fourth-order valence-electron chi connectivity index (χ4n) is 2.38. The van der Waals surface area contributed by atoms with Gasteiger partial charge in [-0.15, -0.1) is 0 Å². The van der Waals surface area contributed by atoms with Crippen molar-refractivity contribution in [2.75, 3.05) is 20.1 Å². The molecule has 2 aromatic rings. The molecular weight excluding hydrogens is 312 g/mol. The highest BCUT2D eigenvalue weighted by atomic mass is 79.9. The number of benzene rings is 2. The zero-order chi connectivity index (χ0) is 14.4. The second-order valence-electron chi connectivity index (χ2n) is 5.17. The first-order chi connectivity index (χ1) is 9.69. The third-order valence-corrected chi connectivity index (χ3v) is 3.98. The molecule has 0 aromatic heterocycles. The predicted octanol–water partition coefficient (Wildman–Crippen LogP) is 3.62. The van der Waals surface area contributed by atoms with E-state index >= 15 is 0 Å². The molecule has 0 bridgehead atoms. The first-order valence-corrected chi connectivity index (χ1v) is 7.66. The van der Waals surface area contributed by atoms with Gasteiger partial charge in [0.25, 0.3) is 0 Å². The van der Waals surface area contributed by atoms with Gasteiger partial charge in [-0.1, -0.05) is 58.4 Å². The molecule has 20 heavy (non-hydrogen) atoms. The molecular formula is C17H21BrN2. The van der Waals surface area contributed by atoms with Crippen LogP contribution in [-0.2, 0) is 6.54 Å². The first kappa shape index (κ1) is 15.2. The molecule has 0 aliphatic heterocycles. The minimum absolute atomic E-state index is 0.386. The molecule has 2 rings (SSSR count). The summed E-state index contributed by atoms with van der Waals surface area (Å²) in [5.74, 6) is 0.386. The smallest absolute Gasteiger partial charge is 0.0230 e. The van der Waals surface area contributed by atoms with Crippen molar-refractivity contribution in [3.8, 4) is 0 Å². The Balaban J connectivity index is 1.95. The molecule has 2 N–H and O–H groups in total. The lowest BCUT2D eigenvalue weighted by molar-refractivity contribution is 0.305. The Morgan fingerprint density at radius 2 is 1.70 bits per heavy atom. The highest BCUT2D eigenvalue weighted by Crippen LogP contribution is 2.17. The maximum atomic E-state index is 5.93. The van der Waals surface area contributed by atoms with Gasteiger partial charge in [-0.05, 0) is 30.3 Å². The quantitative estimate of drug-likeness (QED) is 0.875. The van der Waals surface area contributed by atoms with E-state index in [0.29, 0.717) is 12.5 Å². The summed E-state index contributed by atoms with van der Waals surface area (Å²) < 4.78 is 1.12. The van der Waals surface area contributed by atoms with Gasteiger partial charge in [-0.3, -0.25) is 0 Å². The van der Waals surface area contributed by atoms with E-state index in [2.05, 4.69) is 76.4 Å². The number of hydrogen-bond acceptors (Lipinski definition) is 2. The second kappa shape index (κ2) is 7.58. The van der Waals surface area contributed by atoms with Crippen LogP contribution in [0.2, 0.25) is 0 Å². The predicted molar refractivity (Wildman–Crippen MR) is 88.7 cm³/mol. The van der Waals surface area contributed by atoms with E-state index < -0.39 is 0 Å². The van der Waals surface area contributed by atoms with Crippen molar-refractivity contribution < 1.29 is 0 Å². The standard InChI is InChI=1S/C17H21BrN2/c1-20(12-14-7-9-17(18)10-8-14)13-16(11-19)15-5-3-2-4-6-15/h2-10,16H,11-13,19H2,1H3. The fourth-order valence-corrected chi connectivity index (χ4v) is 2.65. The molecule has 0 heterocycles. The number of halogens is 1. The molecule has 0 saturated carbocycles. The van der Waals surface area contributed by atoms with Crippen LogP contribution >= 0.6 is 15.9 Å². The summed E-state index contributed by atoms with van der Waals surface area (Å²) in [6.45, 7) is 2.59. The van der Waals surface area contributed by atoms with E-state index in [4.69, 9.17) is 5.73 Å². The minimum Gasteiger partial charge on any atom is -0.330 e. The van der Waals surface area contributed by atoms with Crippen LogP contribution in [0.25, 0.3) is 0 Å². The minimum atomic E-state index is 0.386. The summed E-state index contributed by atoms with van der Waals surface area (Å²) in [5, 5.41) is 0. The second-order valence-corrected chi connectivity index (χ2v) is 6.08. The lowest BCUT2D eigenvalue weighted by Gasteiger charge is -2.23. The molecule has 106 valence electrons. The maximum Gasteiger partial charge on any atom is 0.0230 e. The van der Waals surface area contributed by atoms with Gasteiger partial charge >= 0.3 is 0 Å². The first-order valence-electron chi connectivity index (χ1n) is 6.87. The van der Waals surface area contributed by atoms with Gasteiger partial charge in [0, 0.05) is 30.0 Å². The highest BCUT2D eigenvalue weighted by Gasteiger charge is 2.12.